The molecule has 0 saturated heterocycles. The summed E-state index contributed by atoms with van der Waals surface area (Å²) in [6.45, 7) is 5.61. The maximum absolute atomic E-state index is 11.1. The van der Waals surface area contributed by atoms with Gasteiger partial charge in [0.1, 0.15) is 0 Å². The zero-order valence-corrected chi connectivity index (χ0v) is 7.69. The molecule has 0 heterocycles. The van der Waals surface area contributed by atoms with Crippen molar-refractivity contribution in [3.8, 4) is 0 Å². The van der Waals surface area contributed by atoms with E-state index in [9.17, 15) is 4.57 Å². The Labute approximate surface area is 62.3 Å². The molecule has 0 aromatic rings. The predicted octanol–water partition coefficient (Wildman–Crippen LogP) is 1.58. The summed E-state index contributed by atoms with van der Waals surface area (Å²) >= 11 is 0. The highest BCUT2D eigenvalue weighted by Gasteiger charge is 2.16. The van der Waals surface area contributed by atoms with Crippen LogP contribution in [-0.4, -0.2) is 17.1 Å². The van der Waals surface area contributed by atoms with Crippen LogP contribution in [0, 0.1) is 0 Å². The van der Waals surface area contributed by atoms with Crippen LogP contribution in [0.1, 0.15) is 27.2 Å². The number of hydrogen-bond acceptors (Lipinski definition) is 1. The van der Waals surface area contributed by atoms with Crippen molar-refractivity contribution in [3.05, 3.63) is 0 Å². The van der Waals surface area contributed by atoms with Gasteiger partial charge in [0, 0.05) is 12.2 Å². The molecular formula is C6H16NO2P. The number of nitrogens with one attached hydrogen (secondary N) is 1. The summed E-state index contributed by atoms with van der Waals surface area (Å²) in [4.78, 5) is 9.13. The molecule has 10 heavy (non-hydrogen) atoms. The van der Waals surface area contributed by atoms with Gasteiger partial charge in [-0.1, -0.05) is 6.92 Å². The summed E-state index contributed by atoms with van der Waals surface area (Å²) in [6, 6.07) is 0.0855. The SMILES string of the molecule is CCCP(=O)(O)NC(C)C. The Kier molecular flexibility index (Phi) is 4.18. The van der Waals surface area contributed by atoms with Crippen LogP contribution >= 0.6 is 7.52 Å². The fourth-order valence-electron chi connectivity index (χ4n) is 0.771. The van der Waals surface area contributed by atoms with Gasteiger partial charge in [0.2, 0.25) is 0 Å². The highest BCUT2D eigenvalue weighted by molar-refractivity contribution is 7.55. The highest BCUT2D eigenvalue weighted by Crippen LogP contribution is 2.36. The lowest BCUT2D eigenvalue weighted by molar-refractivity contribution is 0.454. The molecule has 0 radical (unpaired) electrons. The first-order valence-electron chi connectivity index (χ1n) is 3.57. The van der Waals surface area contributed by atoms with Gasteiger partial charge in [0.05, 0.1) is 0 Å². The molecule has 0 aliphatic rings. The van der Waals surface area contributed by atoms with Crippen LogP contribution in [0.5, 0.6) is 0 Å². The summed E-state index contributed by atoms with van der Waals surface area (Å²) < 4.78 is 11.1. The summed E-state index contributed by atoms with van der Waals surface area (Å²) in [6.07, 6.45) is 1.11. The summed E-state index contributed by atoms with van der Waals surface area (Å²) in [5.41, 5.74) is 0. The van der Waals surface area contributed by atoms with E-state index in [2.05, 4.69) is 5.09 Å². The second kappa shape index (κ2) is 4.12. The van der Waals surface area contributed by atoms with Crippen molar-refractivity contribution >= 4 is 7.52 Å². The van der Waals surface area contributed by atoms with E-state index in [1.54, 1.807) is 0 Å². The van der Waals surface area contributed by atoms with E-state index in [1.165, 1.54) is 0 Å². The van der Waals surface area contributed by atoms with Crippen molar-refractivity contribution in [1.29, 1.82) is 0 Å². The van der Waals surface area contributed by atoms with Gasteiger partial charge in [-0.05, 0) is 20.3 Å². The van der Waals surface area contributed by atoms with Crippen molar-refractivity contribution in [1.82, 2.24) is 5.09 Å². The van der Waals surface area contributed by atoms with E-state index in [4.69, 9.17) is 4.89 Å². The van der Waals surface area contributed by atoms with Gasteiger partial charge in [-0.2, -0.15) is 0 Å². The van der Waals surface area contributed by atoms with Crippen LogP contribution in [0.3, 0.4) is 0 Å². The quantitative estimate of drug-likeness (QED) is 0.622. The molecule has 1 unspecified atom stereocenters. The molecule has 0 amide bonds. The Morgan fingerprint density at radius 2 is 2.10 bits per heavy atom. The van der Waals surface area contributed by atoms with Gasteiger partial charge < -0.3 is 4.89 Å². The third-order valence-electron chi connectivity index (χ3n) is 0.987. The second-order valence-corrected chi connectivity index (χ2v) is 4.82. The van der Waals surface area contributed by atoms with E-state index in [0.717, 1.165) is 6.42 Å². The normalized spacial score (nSPS) is 17.3. The Bertz CT molecular complexity index is 136. The minimum atomic E-state index is -3.00. The third-order valence-corrected chi connectivity index (χ3v) is 2.96. The van der Waals surface area contributed by atoms with Crippen LogP contribution in [0.4, 0.5) is 0 Å². The number of rotatable bonds is 4. The smallest absolute Gasteiger partial charge is 0.267 e. The van der Waals surface area contributed by atoms with Gasteiger partial charge in [-0.25, -0.2) is 5.09 Å². The van der Waals surface area contributed by atoms with Gasteiger partial charge in [0.15, 0.2) is 0 Å². The average molecular weight is 165 g/mol. The lowest BCUT2D eigenvalue weighted by atomic mass is 10.4. The topological polar surface area (TPSA) is 49.3 Å². The molecule has 62 valence electrons. The maximum Gasteiger partial charge on any atom is 0.267 e. The van der Waals surface area contributed by atoms with E-state index in [0.29, 0.717) is 6.16 Å². The van der Waals surface area contributed by atoms with Crippen molar-refractivity contribution < 1.29 is 9.46 Å². The third kappa shape index (κ3) is 4.98. The molecule has 0 bridgehead atoms. The van der Waals surface area contributed by atoms with E-state index in [-0.39, 0.29) is 6.04 Å². The molecule has 0 aromatic carbocycles. The molecule has 0 aliphatic carbocycles. The molecule has 2 N–H and O–H groups in total. The standard InChI is InChI=1S/C6H16NO2P/c1-4-5-10(8,9)7-6(2)3/h6H,4-5H2,1-3H3,(H2,7,8,9). The monoisotopic (exact) mass is 165 g/mol. The fraction of sp³-hybridized carbons (Fsp3) is 1.00. The Morgan fingerprint density at radius 3 is 2.40 bits per heavy atom. The molecule has 0 rings (SSSR count). The molecule has 0 fully saturated rings. The van der Waals surface area contributed by atoms with Gasteiger partial charge in [-0.3, -0.25) is 4.57 Å². The van der Waals surface area contributed by atoms with Crippen molar-refractivity contribution in [2.75, 3.05) is 6.16 Å². The molecular weight excluding hydrogens is 149 g/mol. The second-order valence-electron chi connectivity index (χ2n) is 2.71. The van der Waals surface area contributed by atoms with Gasteiger partial charge in [0.25, 0.3) is 7.52 Å². The van der Waals surface area contributed by atoms with E-state index < -0.39 is 7.52 Å². The largest absolute Gasteiger partial charge is 0.333 e. The molecule has 1 atom stereocenters. The van der Waals surface area contributed by atoms with Crippen LogP contribution in [-0.2, 0) is 4.57 Å². The summed E-state index contributed by atoms with van der Waals surface area (Å²) in [5.74, 6) is 0. The van der Waals surface area contributed by atoms with Gasteiger partial charge in [-0.15, -0.1) is 0 Å². The molecule has 0 spiro atoms. The highest BCUT2D eigenvalue weighted by atomic mass is 31.2. The summed E-state index contributed by atoms with van der Waals surface area (Å²) in [7, 11) is -3.00. The van der Waals surface area contributed by atoms with E-state index >= 15 is 0 Å². The number of hydrogen-bond donors (Lipinski definition) is 2. The Morgan fingerprint density at radius 1 is 1.60 bits per heavy atom. The Hall–Kier alpha value is 0.150. The fourth-order valence-corrected chi connectivity index (χ4v) is 2.31. The lowest BCUT2D eigenvalue weighted by Gasteiger charge is -2.14. The van der Waals surface area contributed by atoms with Crippen LogP contribution in [0.25, 0.3) is 0 Å². The first kappa shape index (κ1) is 10.2. The molecule has 0 saturated carbocycles. The molecule has 0 aromatic heterocycles. The van der Waals surface area contributed by atoms with Crippen LogP contribution in [0.2, 0.25) is 0 Å². The van der Waals surface area contributed by atoms with E-state index in [1.807, 2.05) is 20.8 Å². The lowest BCUT2D eigenvalue weighted by Crippen LogP contribution is -2.20. The van der Waals surface area contributed by atoms with Crippen LogP contribution < -0.4 is 5.09 Å². The minimum absolute atomic E-state index is 0.0855. The molecule has 0 aliphatic heterocycles. The zero-order valence-electron chi connectivity index (χ0n) is 6.79. The predicted molar refractivity (Wildman–Crippen MR) is 43.3 cm³/mol. The summed E-state index contributed by atoms with van der Waals surface area (Å²) in [5, 5.41) is 2.63. The van der Waals surface area contributed by atoms with Crippen molar-refractivity contribution in [3.63, 3.8) is 0 Å². The van der Waals surface area contributed by atoms with Crippen molar-refractivity contribution in [2.24, 2.45) is 0 Å². The first-order valence-corrected chi connectivity index (χ1v) is 5.42. The minimum Gasteiger partial charge on any atom is -0.333 e. The molecule has 4 heteroatoms. The average Bonchev–Trinajstić information content (AvgIpc) is 1.59. The van der Waals surface area contributed by atoms with Crippen LogP contribution in [0.15, 0.2) is 0 Å². The zero-order chi connectivity index (χ0) is 8.20. The molecule has 3 nitrogen and oxygen atoms in total. The maximum atomic E-state index is 11.1. The van der Waals surface area contributed by atoms with Gasteiger partial charge >= 0.3 is 0 Å². The van der Waals surface area contributed by atoms with Crippen molar-refractivity contribution in [2.45, 2.75) is 33.2 Å². The Balaban J connectivity index is 3.75. The first-order chi connectivity index (χ1) is 4.48.